The van der Waals surface area contributed by atoms with Crippen LogP contribution in [0, 0.1) is 0 Å². The SMILES string of the molecule is C=C(C)C(=O)Oc1ccc(C(C)(C)c2ccc(OC(=O)C(=C)C)c(C=CC)c2OCCCO)c(OCCCO)c1C=CC. The minimum absolute atomic E-state index is 0.0536. The van der Waals surface area contributed by atoms with Gasteiger partial charge >= 0.3 is 11.9 Å². The first-order chi connectivity index (χ1) is 20.4. The van der Waals surface area contributed by atoms with Crippen LogP contribution in [0.2, 0.25) is 0 Å². The van der Waals surface area contributed by atoms with Crippen molar-refractivity contribution in [1.29, 1.82) is 0 Å². The highest BCUT2D eigenvalue weighted by atomic mass is 16.5. The van der Waals surface area contributed by atoms with Gasteiger partial charge in [0.2, 0.25) is 0 Å². The van der Waals surface area contributed by atoms with Crippen molar-refractivity contribution in [2.45, 2.75) is 59.8 Å². The maximum Gasteiger partial charge on any atom is 0.338 e. The first-order valence-electron chi connectivity index (χ1n) is 14.3. The van der Waals surface area contributed by atoms with Gasteiger partial charge in [0.25, 0.3) is 0 Å². The average Bonchev–Trinajstić information content (AvgIpc) is 2.95. The van der Waals surface area contributed by atoms with Crippen molar-refractivity contribution >= 4 is 24.1 Å². The first kappa shape index (κ1) is 35.1. The fraction of sp³-hybridized carbons (Fsp3) is 0.371. The zero-order valence-corrected chi connectivity index (χ0v) is 26.1. The van der Waals surface area contributed by atoms with Crippen LogP contribution in [0.15, 0.2) is 60.7 Å². The largest absolute Gasteiger partial charge is 0.492 e. The van der Waals surface area contributed by atoms with Gasteiger partial charge in [-0.3, -0.25) is 0 Å². The molecule has 2 N–H and O–H groups in total. The summed E-state index contributed by atoms with van der Waals surface area (Å²) < 4.78 is 23.9. The molecular formula is C35H44O8. The van der Waals surface area contributed by atoms with Crippen molar-refractivity contribution in [3.05, 3.63) is 83.0 Å². The molecule has 0 aliphatic heterocycles. The van der Waals surface area contributed by atoms with E-state index in [4.69, 9.17) is 18.9 Å². The normalized spacial score (nSPS) is 11.5. The fourth-order valence-corrected chi connectivity index (χ4v) is 4.28. The highest BCUT2D eigenvalue weighted by molar-refractivity contribution is 5.90. The monoisotopic (exact) mass is 592 g/mol. The second kappa shape index (κ2) is 16.5. The lowest BCUT2D eigenvalue weighted by Crippen LogP contribution is -2.23. The second-order valence-electron chi connectivity index (χ2n) is 10.5. The molecule has 2 aromatic rings. The van der Waals surface area contributed by atoms with Gasteiger partial charge in [-0.15, -0.1) is 0 Å². The van der Waals surface area contributed by atoms with Gasteiger partial charge < -0.3 is 29.2 Å². The molecule has 0 fully saturated rings. The van der Waals surface area contributed by atoms with Crippen LogP contribution < -0.4 is 18.9 Å². The van der Waals surface area contributed by atoms with Crippen LogP contribution in [0.5, 0.6) is 23.0 Å². The molecule has 2 aromatic carbocycles. The summed E-state index contributed by atoms with van der Waals surface area (Å²) in [6.45, 7) is 18.6. The maximum absolute atomic E-state index is 12.5. The van der Waals surface area contributed by atoms with E-state index in [9.17, 15) is 19.8 Å². The summed E-state index contributed by atoms with van der Waals surface area (Å²) in [5.41, 5.74) is 2.38. The molecule has 0 aliphatic carbocycles. The van der Waals surface area contributed by atoms with Crippen molar-refractivity contribution in [3.8, 4) is 23.0 Å². The van der Waals surface area contributed by atoms with E-state index in [1.54, 1.807) is 38.1 Å². The maximum atomic E-state index is 12.5. The van der Waals surface area contributed by atoms with E-state index in [0.717, 1.165) is 11.1 Å². The number of rotatable bonds is 16. The van der Waals surface area contributed by atoms with Gasteiger partial charge in [0.05, 0.1) is 24.3 Å². The van der Waals surface area contributed by atoms with Crippen molar-refractivity contribution < 1.29 is 38.7 Å². The molecule has 0 heterocycles. The van der Waals surface area contributed by atoms with E-state index in [1.807, 2.05) is 52.0 Å². The lowest BCUT2D eigenvalue weighted by Gasteiger charge is -2.32. The highest BCUT2D eigenvalue weighted by Gasteiger charge is 2.34. The third-order valence-corrected chi connectivity index (χ3v) is 6.53. The van der Waals surface area contributed by atoms with Gasteiger partial charge in [0.15, 0.2) is 0 Å². The Labute approximate surface area is 254 Å². The number of hydrogen-bond donors (Lipinski definition) is 2. The molecule has 0 radical (unpaired) electrons. The van der Waals surface area contributed by atoms with Gasteiger partial charge in [-0.1, -0.05) is 63.4 Å². The topological polar surface area (TPSA) is 112 Å². The van der Waals surface area contributed by atoms with Crippen molar-refractivity contribution in [2.24, 2.45) is 0 Å². The van der Waals surface area contributed by atoms with E-state index in [2.05, 4.69) is 13.2 Å². The Hall–Kier alpha value is -4.14. The molecule has 0 unspecified atom stereocenters. The van der Waals surface area contributed by atoms with Crippen molar-refractivity contribution in [2.75, 3.05) is 26.4 Å². The Morgan fingerprint density at radius 1 is 0.744 bits per heavy atom. The summed E-state index contributed by atoms with van der Waals surface area (Å²) >= 11 is 0. The number of carbonyl (C=O) groups is 2. The van der Waals surface area contributed by atoms with Crippen LogP contribution in [0.4, 0.5) is 0 Å². The predicted octanol–water partition coefficient (Wildman–Crippen LogP) is 6.56. The number of hydrogen-bond acceptors (Lipinski definition) is 8. The number of allylic oxidation sites excluding steroid dienone is 2. The van der Waals surface area contributed by atoms with Crippen LogP contribution in [0.3, 0.4) is 0 Å². The van der Waals surface area contributed by atoms with Crippen LogP contribution in [-0.4, -0.2) is 48.6 Å². The van der Waals surface area contributed by atoms with Gasteiger partial charge in [-0.05, 0) is 39.8 Å². The Morgan fingerprint density at radius 3 is 1.42 bits per heavy atom. The quantitative estimate of drug-likeness (QED) is 0.0975. The zero-order valence-electron chi connectivity index (χ0n) is 26.1. The van der Waals surface area contributed by atoms with Gasteiger partial charge in [0, 0.05) is 53.7 Å². The molecule has 0 amide bonds. The van der Waals surface area contributed by atoms with E-state index in [-0.39, 0.29) is 37.6 Å². The van der Waals surface area contributed by atoms with E-state index in [1.165, 1.54) is 0 Å². The Morgan fingerprint density at radius 2 is 1.12 bits per heavy atom. The van der Waals surface area contributed by atoms with Crippen molar-refractivity contribution in [3.63, 3.8) is 0 Å². The van der Waals surface area contributed by atoms with E-state index < -0.39 is 17.4 Å². The van der Waals surface area contributed by atoms with Gasteiger partial charge in [-0.25, -0.2) is 9.59 Å². The number of benzene rings is 2. The van der Waals surface area contributed by atoms with Crippen LogP contribution in [0.1, 0.15) is 76.6 Å². The molecule has 8 heteroatoms. The summed E-state index contributed by atoms with van der Waals surface area (Å²) in [7, 11) is 0. The number of carbonyl (C=O) groups excluding carboxylic acids is 2. The smallest absolute Gasteiger partial charge is 0.338 e. The molecule has 43 heavy (non-hydrogen) atoms. The molecule has 0 spiro atoms. The number of aliphatic hydroxyl groups excluding tert-OH is 2. The van der Waals surface area contributed by atoms with E-state index in [0.29, 0.717) is 47.0 Å². The Bertz CT molecular complexity index is 1280. The molecule has 2 rings (SSSR count). The minimum atomic E-state index is -0.774. The molecule has 8 nitrogen and oxygen atoms in total. The Balaban J connectivity index is 2.90. The minimum Gasteiger partial charge on any atom is -0.492 e. The molecule has 0 saturated heterocycles. The first-order valence-corrected chi connectivity index (χ1v) is 14.3. The molecule has 0 atom stereocenters. The summed E-state index contributed by atoms with van der Waals surface area (Å²) in [4.78, 5) is 24.9. The molecule has 0 saturated carbocycles. The third kappa shape index (κ3) is 8.92. The Kier molecular flexibility index (Phi) is 13.4. The number of ether oxygens (including phenoxy) is 4. The molecule has 0 aromatic heterocycles. The highest BCUT2D eigenvalue weighted by Crippen LogP contribution is 2.48. The van der Waals surface area contributed by atoms with Crippen LogP contribution in [-0.2, 0) is 15.0 Å². The second-order valence-corrected chi connectivity index (χ2v) is 10.5. The lowest BCUT2D eigenvalue weighted by molar-refractivity contribution is -0.131. The summed E-state index contributed by atoms with van der Waals surface area (Å²) in [5.74, 6) is 0.455. The summed E-state index contributed by atoms with van der Waals surface area (Å²) in [6.07, 6.45) is 8.05. The molecule has 0 bridgehead atoms. The molecule has 0 aliphatic rings. The fourth-order valence-electron chi connectivity index (χ4n) is 4.28. The molecule has 232 valence electrons. The predicted molar refractivity (Wildman–Crippen MR) is 170 cm³/mol. The summed E-state index contributed by atoms with van der Waals surface area (Å²) in [6, 6.07) is 7.11. The van der Waals surface area contributed by atoms with E-state index >= 15 is 0 Å². The summed E-state index contributed by atoms with van der Waals surface area (Å²) in [5, 5.41) is 18.9. The van der Waals surface area contributed by atoms with Crippen LogP contribution in [0.25, 0.3) is 12.2 Å². The number of aliphatic hydroxyl groups is 2. The molecular weight excluding hydrogens is 548 g/mol. The lowest BCUT2D eigenvalue weighted by atomic mass is 9.75. The van der Waals surface area contributed by atoms with Crippen molar-refractivity contribution in [1.82, 2.24) is 0 Å². The standard InChI is InChI=1S/C35H44O8/c1-9-13-25-29(42-33(38)23(3)4)17-15-27(31(25)40-21-11-19-36)35(7,8)28-16-18-30(43-34(39)24(5)6)26(14-10-2)32(28)41-22-12-20-37/h9-10,13-18,36-37H,3,5,11-12,19-22H2,1-2,4,6-8H3. The third-order valence-electron chi connectivity index (χ3n) is 6.53. The average molecular weight is 593 g/mol. The number of esters is 2. The van der Waals surface area contributed by atoms with Gasteiger partial charge in [-0.2, -0.15) is 0 Å². The van der Waals surface area contributed by atoms with Gasteiger partial charge in [0.1, 0.15) is 23.0 Å². The van der Waals surface area contributed by atoms with Crippen LogP contribution >= 0.6 is 0 Å². The zero-order chi connectivity index (χ0) is 32.2.